The van der Waals surface area contributed by atoms with E-state index in [1.54, 1.807) is 12.4 Å². The minimum Gasteiger partial charge on any atom is -0.353 e. The average Bonchev–Trinajstić information content (AvgIpc) is 2.82. The Hall–Kier alpha value is -2.17. The molecule has 3 rings (SSSR count). The fraction of sp³-hybridized carbons (Fsp3) is 0.100. The van der Waals surface area contributed by atoms with Crippen LogP contribution in [0.4, 0.5) is 0 Å². The summed E-state index contributed by atoms with van der Waals surface area (Å²) in [6, 6.07) is 3.68. The molecule has 0 saturated heterocycles. The topological polar surface area (TPSA) is 67.6 Å². The van der Waals surface area contributed by atoms with Gasteiger partial charge in [0.25, 0.3) is 0 Å². The first-order valence-electron chi connectivity index (χ1n) is 4.56. The van der Waals surface area contributed by atoms with E-state index in [1.165, 1.54) is 0 Å². The molecule has 0 fully saturated rings. The number of nitrogens with zero attached hydrogens (tertiary/aromatic N) is 3. The third-order valence-electron chi connectivity index (χ3n) is 2.14. The molecule has 15 heavy (non-hydrogen) atoms. The van der Waals surface area contributed by atoms with Crippen LogP contribution >= 0.6 is 0 Å². The van der Waals surface area contributed by atoms with Gasteiger partial charge in [-0.25, -0.2) is 4.98 Å². The van der Waals surface area contributed by atoms with E-state index < -0.39 is 0 Å². The van der Waals surface area contributed by atoms with Crippen LogP contribution in [0.5, 0.6) is 0 Å². The summed E-state index contributed by atoms with van der Waals surface area (Å²) < 4.78 is 5.12. The van der Waals surface area contributed by atoms with Gasteiger partial charge in [0.05, 0.1) is 22.9 Å². The van der Waals surface area contributed by atoms with E-state index in [-0.39, 0.29) is 0 Å². The Morgan fingerprint density at radius 2 is 2.33 bits per heavy atom. The first-order valence-corrected chi connectivity index (χ1v) is 4.56. The largest absolute Gasteiger partial charge is 0.353 e. The van der Waals surface area contributed by atoms with Crippen molar-refractivity contribution >= 4 is 11.0 Å². The first-order chi connectivity index (χ1) is 7.33. The Bertz CT molecular complexity index is 577. The van der Waals surface area contributed by atoms with Crippen LogP contribution in [0.25, 0.3) is 22.6 Å². The number of imidazole rings is 1. The molecule has 3 aromatic rings. The number of fused-ring (bicyclic) bond motifs is 1. The van der Waals surface area contributed by atoms with E-state index in [2.05, 4.69) is 20.1 Å². The molecule has 3 aromatic heterocycles. The van der Waals surface area contributed by atoms with Crippen LogP contribution < -0.4 is 0 Å². The van der Waals surface area contributed by atoms with E-state index in [0.29, 0.717) is 11.6 Å². The fourth-order valence-corrected chi connectivity index (χ4v) is 1.45. The molecule has 0 saturated carbocycles. The zero-order valence-electron chi connectivity index (χ0n) is 8.06. The Morgan fingerprint density at radius 1 is 1.40 bits per heavy atom. The van der Waals surface area contributed by atoms with Crippen LogP contribution in [-0.2, 0) is 0 Å². The summed E-state index contributed by atoms with van der Waals surface area (Å²) in [6.45, 7) is 1.87. The number of aromatic nitrogens is 4. The molecule has 1 N–H and O–H groups in total. The molecule has 5 heteroatoms. The lowest BCUT2D eigenvalue weighted by atomic mass is 10.4. The van der Waals surface area contributed by atoms with Gasteiger partial charge in [-0.15, -0.1) is 0 Å². The number of hydrogen-bond donors (Lipinski definition) is 1. The molecule has 0 atom stereocenters. The van der Waals surface area contributed by atoms with Crippen molar-refractivity contribution in [3.8, 4) is 11.6 Å². The number of aryl methyl sites for hydroxylation is 1. The van der Waals surface area contributed by atoms with Gasteiger partial charge in [0.1, 0.15) is 0 Å². The molecule has 0 spiro atoms. The van der Waals surface area contributed by atoms with E-state index in [9.17, 15) is 0 Å². The van der Waals surface area contributed by atoms with Gasteiger partial charge >= 0.3 is 0 Å². The Kier molecular flexibility index (Phi) is 1.58. The predicted octanol–water partition coefficient (Wildman–Crippen LogP) is 1.92. The zero-order chi connectivity index (χ0) is 10.3. The second-order valence-corrected chi connectivity index (χ2v) is 3.31. The monoisotopic (exact) mass is 200 g/mol. The van der Waals surface area contributed by atoms with Crippen molar-refractivity contribution in [1.29, 1.82) is 0 Å². The number of aromatic amines is 1. The number of nitrogens with one attached hydrogen (secondary N) is 1. The Labute approximate surface area is 85.1 Å². The lowest BCUT2D eigenvalue weighted by Crippen LogP contribution is -1.74. The molecule has 0 aliphatic carbocycles. The van der Waals surface area contributed by atoms with Crippen LogP contribution in [-0.4, -0.2) is 20.1 Å². The standard InChI is InChI=1S/C10H8N4O/c1-6-4-9(15-14-6)10-12-7-2-3-11-5-8(7)13-10/h2-5H,1H3,(H,12,13). The highest BCUT2D eigenvalue weighted by Gasteiger charge is 2.09. The molecule has 0 aliphatic heterocycles. The van der Waals surface area contributed by atoms with E-state index in [4.69, 9.17) is 4.52 Å². The molecule has 0 radical (unpaired) electrons. The number of pyridine rings is 1. The van der Waals surface area contributed by atoms with E-state index in [0.717, 1.165) is 16.7 Å². The Balaban J connectivity index is 2.19. The SMILES string of the molecule is Cc1cc(-c2nc3ccncc3[nH]2)on1. The van der Waals surface area contributed by atoms with Crippen molar-refractivity contribution < 1.29 is 4.52 Å². The minimum atomic E-state index is 0.642. The summed E-state index contributed by atoms with van der Waals surface area (Å²) in [5.41, 5.74) is 2.60. The molecule has 0 aromatic carbocycles. The maximum atomic E-state index is 5.12. The number of rotatable bonds is 1. The maximum absolute atomic E-state index is 5.12. The van der Waals surface area contributed by atoms with Gasteiger partial charge in [0.15, 0.2) is 5.82 Å². The highest BCUT2D eigenvalue weighted by Crippen LogP contribution is 2.19. The van der Waals surface area contributed by atoms with Crippen molar-refractivity contribution in [1.82, 2.24) is 20.1 Å². The van der Waals surface area contributed by atoms with Crippen molar-refractivity contribution in [2.75, 3.05) is 0 Å². The summed E-state index contributed by atoms with van der Waals surface area (Å²) in [5, 5.41) is 3.81. The van der Waals surface area contributed by atoms with Gasteiger partial charge in [0, 0.05) is 12.3 Å². The van der Waals surface area contributed by atoms with Crippen LogP contribution in [0.15, 0.2) is 29.0 Å². The van der Waals surface area contributed by atoms with Crippen LogP contribution in [0, 0.1) is 6.92 Å². The molecule has 0 bridgehead atoms. The van der Waals surface area contributed by atoms with Crippen LogP contribution in [0.1, 0.15) is 5.69 Å². The van der Waals surface area contributed by atoms with Gasteiger partial charge < -0.3 is 9.51 Å². The molecule has 0 unspecified atom stereocenters. The molecular weight excluding hydrogens is 192 g/mol. The van der Waals surface area contributed by atoms with Gasteiger partial charge in [-0.05, 0) is 13.0 Å². The first kappa shape index (κ1) is 8.16. The highest BCUT2D eigenvalue weighted by molar-refractivity contribution is 5.77. The van der Waals surface area contributed by atoms with Gasteiger partial charge in [-0.1, -0.05) is 5.16 Å². The lowest BCUT2D eigenvalue weighted by Gasteiger charge is -1.83. The average molecular weight is 200 g/mol. The second-order valence-electron chi connectivity index (χ2n) is 3.31. The molecule has 0 amide bonds. The summed E-state index contributed by atoms with van der Waals surface area (Å²) in [4.78, 5) is 11.5. The predicted molar refractivity (Wildman–Crippen MR) is 54.1 cm³/mol. The molecular formula is C10H8N4O. The summed E-state index contributed by atoms with van der Waals surface area (Å²) in [6.07, 6.45) is 3.44. The quantitative estimate of drug-likeness (QED) is 0.651. The number of H-pyrrole nitrogens is 1. The third-order valence-corrected chi connectivity index (χ3v) is 2.14. The van der Waals surface area contributed by atoms with Crippen LogP contribution in [0.3, 0.4) is 0 Å². The van der Waals surface area contributed by atoms with Crippen LogP contribution in [0.2, 0.25) is 0 Å². The second kappa shape index (κ2) is 2.91. The summed E-state index contributed by atoms with van der Waals surface area (Å²) in [5.74, 6) is 1.32. The lowest BCUT2D eigenvalue weighted by molar-refractivity contribution is 0.425. The van der Waals surface area contributed by atoms with E-state index in [1.807, 2.05) is 19.1 Å². The fourth-order valence-electron chi connectivity index (χ4n) is 1.45. The summed E-state index contributed by atoms with van der Waals surface area (Å²) >= 11 is 0. The minimum absolute atomic E-state index is 0.642. The molecule has 3 heterocycles. The molecule has 5 nitrogen and oxygen atoms in total. The van der Waals surface area contributed by atoms with Gasteiger partial charge in [-0.3, -0.25) is 4.98 Å². The van der Waals surface area contributed by atoms with Crippen molar-refractivity contribution in [2.45, 2.75) is 6.92 Å². The zero-order valence-corrected chi connectivity index (χ0v) is 8.06. The smallest absolute Gasteiger partial charge is 0.202 e. The van der Waals surface area contributed by atoms with Gasteiger partial charge in [0.2, 0.25) is 5.76 Å². The van der Waals surface area contributed by atoms with Gasteiger partial charge in [-0.2, -0.15) is 0 Å². The normalized spacial score (nSPS) is 11.0. The summed E-state index contributed by atoms with van der Waals surface area (Å²) in [7, 11) is 0. The molecule has 0 aliphatic rings. The number of hydrogen-bond acceptors (Lipinski definition) is 4. The third kappa shape index (κ3) is 1.28. The van der Waals surface area contributed by atoms with E-state index >= 15 is 0 Å². The Morgan fingerprint density at radius 3 is 3.07 bits per heavy atom. The van der Waals surface area contributed by atoms with Crippen molar-refractivity contribution in [3.63, 3.8) is 0 Å². The van der Waals surface area contributed by atoms with Crippen molar-refractivity contribution in [3.05, 3.63) is 30.2 Å². The highest BCUT2D eigenvalue weighted by atomic mass is 16.5. The van der Waals surface area contributed by atoms with Crippen molar-refractivity contribution in [2.24, 2.45) is 0 Å². The maximum Gasteiger partial charge on any atom is 0.202 e. The molecule has 74 valence electrons.